The van der Waals surface area contributed by atoms with Crippen molar-refractivity contribution in [2.75, 3.05) is 0 Å². The number of carbonyl (C=O) groups excluding carboxylic acids is 1. The SMILES string of the molecule is CC(NS(=O)(=O)c1cnn(CC(F)(F)F)c1)(C(N)=O)c1ccccc1. The molecule has 2 aromatic rings. The Labute approximate surface area is 141 Å². The summed E-state index contributed by atoms with van der Waals surface area (Å²) in [5.41, 5.74) is 3.84. The molecule has 0 saturated carbocycles. The number of nitrogens with zero attached hydrogens (tertiary/aromatic N) is 2. The third kappa shape index (κ3) is 4.37. The van der Waals surface area contributed by atoms with Crippen molar-refractivity contribution < 1.29 is 26.4 Å². The van der Waals surface area contributed by atoms with E-state index in [0.29, 0.717) is 4.68 Å². The summed E-state index contributed by atoms with van der Waals surface area (Å²) in [6.45, 7) is -0.170. The Morgan fingerprint density at radius 1 is 1.28 bits per heavy atom. The van der Waals surface area contributed by atoms with Crippen molar-refractivity contribution in [3.63, 3.8) is 0 Å². The Hall–Kier alpha value is -2.40. The van der Waals surface area contributed by atoms with Gasteiger partial charge in [0.25, 0.3) is 0 Å². The fraction of sp³-hybridized carbons (Fsp3) is 0.286. The monoisotopic (exact) mass is 376 g/mol. The molecule has 3 N–H and O–H groups in total. The molecule has 136 valence electrons. The van der Waals surface area contributed by atoms with Gasteiger partial charge in [0.2, 0.25) is 15.9 Å². The van der Waals surface area contributed by atoms with E-state index in [1.54, 1.807) is 18.2 Å². The summed E-state index contributed by atoms with van der Waals surface area (Å²) < 4.78 is 64.6. The maximum atomic E-state index is 12.5. The number of halogens is 3. The van der Waals surface area contributed by atoms with E-state index in [0.717, 1.165) is 12.4 Å². The summed E-state index contributed by atoms with van der Waals surface area (Å²) in [6, 6.07) is 7.85. The van der Waals surface area contributed by atoms with Crippen LogP contribution in [-0.2, 0) is 26.9 Å². The van der Waals surface area contributed by atoms with Crippen molar-refractivity contribution in [3.05, 3.63) is 48.3 Å². The number of alkyl halides is 3. The molecule has 0 spiro atoms. The second-order valence-corrected chi connectivity index (χ2v) is 7.13. The van der Waals surface area contributed by atoms with Gasteiger partial charge in [-0.25, -0.2) is 8.42 Å². The first-order valence-electron chi connectivity index (χ1n) is 6.93. The predicted molar refractivity (Wildman–Crippen MR) is 81.6 cm³/mol. The summed E-state index contributed by atoms with van der Waals surface area (Å²) in [6.07, 6.45) is -3.06. The van der Waals surface area contributed by atoms with Crippen molar-refractivity contribution in [2.45, 2.75) is 30.1 Å². The number of hydrogen-bond donors (Lipinski definition) is 2. The van der Waals surface area contributed by atoms with Gasteiger partial charge in [-0.05, 0) is 12.5 Å². The molecular formula is C14H15F3N4O3S. The fourth-order valence-corrected chi connectivity index (χ4v) is 3.42. The van der Waals surface area contributed by atoms with Gasteiger partial charge in [0.1, 0.15) is 17.0 Å². The molecule has 1 aromatic carbocycles. The van der Waals surface area contributed by atoms with Gasteiger partial charge in [-0.15, -0.1) is 0 Å². The van der Waals surface area contributed by atoms with Crippen molar-refractivity contribution in [2.24, 2.45) is 5.73 Å². The Morgan fingerprint density at radius 3 is 2.40 bits per heavy atom. The first-order chi connectivity index (χ1) is 11.4. The molecule has 1 aromatic heterocycles. The second-order valence-electron chi connectivity index (χ2n) is 5.45. The molecule has 1 amide bonds. The highest BCUT2D eigenvalue weighted by atomic mass is 32.2. The number of aromatic nitrogens is 2. The highest BCUT2D eigenvalue weighted by Crippen LogP contribution is 2.24. The molecule has 0 aliphatic heterocycles. The van der Waals surface area contributed by atoms with E-state index < -0.39 is 39.1 Å². The maximum Gasteiger partial charge on any atom is 0.408 e. The molecule has 1 unspecified atom stereocenters. The summed E-state index contributed by atoms with van der Waals surface area (Å²) in [7, 11) is -4.35. The Kier molecular flexibility index (Phi) is 4.91. The summed E-state index contributed by atoms with van der Waals surface area (Å²) in [4.78, 5) is 11.3. The average Bonchev–Trinajstić information content (AvgIpc) is 2.94. The molecule has 0 fully saturated rings. The Morgan fingerprint density at radius 2 is 1.88 bits per heavy atom. The standard InChI is InChI=1S/C14H15F3N4O3S/c1-13(12(18)22,10-5-3-2-4-6-10)20-25(23,24)11-7-19-21(8-11)9-14(15,16)17/h2-8,20H,9H2,1H3,(H2,18,22). The molecule has 0 saturated heterocycles. The molecule has 1 heterocycles. The number of rotatable bonds is 6. The maximum absolute atomic E-state index is 12.5. The number of carbonyl (C=O) groups is 1. The molecule has 11 heteroatoms. The van der Waals surface area contributed by atoms with E-state index >= 15 is 0 Å². The third-order valence-corrected chi connectivity index (χ3v) is 4.95. The lowest BCUT2D eigenvalue weighted by atomic mass is 9.93. The Balaban J connectivity index is 2.35. The molecule has 7 nitrogen and oxygen atoms in total. The number of benzene rings is 1. The van der Waals surface area contributed by atoms with Crippen LogP contribution >= 0.6 is 0 Å². The van der Waals surface area contributed by atoms with E-state index in [4.69, 9.17) is 5.73 Å². The highest BCUT2D eigenvalue weighted by Gasteiger charge is 2.38. The molecule has 25 heavy (non-hydrogen) atoms. The molecule has 0 bridgehead atoms. The molecule has 1 atom stereocenters. The van der Waals surface area contributed by atoms with Gasteiger partial charge in [-0.1, -0.05) is 30.3 Å². The lowest BCUT2D eigenvalue weighted by Gasteiger charge is -2.27. The van der Waals surface area contributed by atoms with Crippen molar-refractivity contribution >= 4 is 15.9 Å². The van der Waals surface area contributed by atoms with Crippen molar-refractivity contribution in [1.82, 2.24) is 14.5 Å². The van der Waals surface area contributed by atoms with E-state index in [9.17, 15) is 26.4 Å². The van der Waals surface area contributed by atoms with Gasteiger partial charge in [-0.2, -0.15) is 23.0 Å². The zero-order valence-electron chi connectivity index (χ0n) is 13.0. The average molecular weight is 376 g/mol. The van der Waals surface area contributed by atoms with E-state index in [2.05, 4.69) is 9.82 Å². The van der Waals surface area contributed by atoms with Gasteiger partial charge in [0, 0.05) is 6.20 Å². The zero-order valence-corrected chi connectivity index (χ0v) is 13.8. The quantitative estimate of drug-likeness (QED) is 0.788. The van der Waals surface area contributed by atoms with Crippen LogP contribution in [0.25, 0.3) is 0 Å². The van der Waals surface area contributed by atoms with E-state index in [1.807, 2.05) is 0 Å². The first kappa shape index (κ1) is 18.9. The lowest BCUT2D eigenvalue weighted by molar-refractivity contribution is -0.142. The van der Waals surface area contributed by atoms with Gasteiger partial charge in [0.15, 0.2) is 0 Å². The van der Waals surface area contributed by atoms with Crippen LogP contribution in [0.2, 0.25) is 0 Å². The van der Waals surface area contributed by atoms with E-state index in [1.165, 1.54) is 19.1 Å². The molecule has 0 radical (unpaired) electrons. The van der Waals surface area contributed by atoms with Crippen molar-refractivity contribution in [1.29, 1.82) is 0 Å². The van der Waals surface area contributed by atoms with Crippen LogP contribution in [0.15, 0.2) is 47.6 Å². The summed E-state index contributed by atoms with van der Waals surface area (Å²) in [5.74, 6) is -0.968. The van der Waals surface area contributed by atoms with Crippen LogP contribution in [0.3, 0.4) is 0 Å². The van der Waals surface area contributed by atoms with Gasteiger partial charge >= 0.3 is 6.18 Å². The first-order valence-corrected chi connectivity index (χ1v) is 8.41. The van der Waals surface area contributed by atoms with E-state index in [-0.39, 0.29) is 5.56 Å². The Bertz CT molecular complexity index is 865. The van der Waals surface area contributed by atoms with Crippen molar-refractivity contribution in [3.8, 4) is 0 Å². The summed E-state index contributed by atoms with van der Waals surface area (Å²) >= 11 is 0. The van der Waals surface area contributed by atoms with Gasteiger partial charge < -0.3 is 5.73 Å². The number of sulfonamides is 1. The smallest absolute Gasteiger partial charge is 0.368 e. The van der Waals surface area contributed by atoms with Crippen LogP contribution in [0.4, 0.5) is 13.2 Å². The second kappa shape index (κ2) is 6.48. The van der Waals surface area contributed by atoms with Crippen LogP contribution in [0.1, 0.15) is 12.5 Å². The normalized spacial score (nSPS) is 14.9. The number of nitrogens with two attached hydrogens (primary N) is 1. The zero-order chi connectivity index (χ0) is 18.9. The summed E-state index contributed by atoms with van der Waals surface area (Å²) in [5, 5.41) is 3.38. The molecular weight excluding hydrogens is 361 g/mol. The molecule has 2 rings (SSSR count). The number of nitrogens with one attached hydrogen (secondary N) is 1. The van der Waals surface area contributed by atoms with Gasteiger partial charge in [-0.3, -0.25) is 9.48 Å². The topological polar surface area (TPSA) is 107 Å². The molecule has 0 aliphatic carbocycles. The number of primary amides is 1. The van der Waals surface area contributed by atoms with Crippen LogP contribution < -0.4 is 10.5 Å². The largest absolute Gasteiger partial charge is 0.408 e. The number of amides is 1. The number of hydrogen-bond acceptors (Lipinski definition) is 4. The molecule has 0 aliphatic rings. The minimum Gasteiger partial charge on any atom is -0.368 e. The third-order valence-electron chi connectivity index (χ3n) is 3.44. The minimum absolute atomic E-state index is 0.286. The fourth-order valence-electron chi connectivity index (χ4n) is 2.10. The lowest BCUT2D eigenvalue weighted by Crippen LogP contribution is -2.52. The predicted octanol–water partition coefficient (Wildman–Crippen LogP) is 1.12. The van der Waals surface area contributed by atoms with Crippen LogP contribution in [0, 0.1) is 0 Å². The minimum atomic E-state index is -4.55. The van der Waals surface area contributed by atoms with Crippen LogP contribution in [-0.4, -0.2) is 30.3 Å². The van der Waals surface area contributed by atoms with Gasteiger partial charge in [0.05, 0.1) is 6.20 Å². The highest BCUT2D eigenvalue weighted by molar-refractivity contribution is 7.89. The van der Waals surface area contributed by atoms with Crippen LogP contribution in [0.5, 0.6) is 0 Å².